The Hall–Kier alpha value is -3.08. The molecule has 0 radical (unpaired) electrons. The van der Waals surface area contributed by atoms with Crippen molar-refractivity contribution < 1.29 is 18.7 Å². The van der Waals surface area contributed by atoms with Crippen LogP contribution in [0.1, 0.15) is 10.5 Å². The molecule has 1 aromatic heterocycles. The quantitative estimate of drug-likeness (QED) is 0.686. The lowest BCUT2D eigenvalue weighted by Crippen LogP contribution is -2.03. The molecule has 5 nitrogen and oxygen atoms in total. The number of aromatic nitrogens is 1. The molecule has 0 saturated heterocycles. The van der Waals surface area contributed by atoms with Crippen LogP contribution in [-0.2, 0) is 4.74 Å². The van der Waals surface area contributed by atoms with Crippen molar-refractivity contribution in [3.63, 3.8) is 0 Å². The van der Waals surface area contributed by atoms with Gasteiger partial charge in [-0.1, -0.05) is 18.2 Å². The summed E-state index contributed by atoms with van der Waals surface area (Å²) in [6.45, 7) is 0. The predicted molar refractivity (Wildman–Crippen MR) is 85.3 cm³/mol. The van der Waals surface area contributed by atoms with Gasteiger partial charge in [-0.3, -0.25) is 0 Å². The van der Waals surface area contributed by atoms with Gasteiger partial charge in [0.2, 0.25) is 5.89 Å². The molecule has 1 heterocycles. The van der Waals surface area contributed by atoms with E-state index in [2.05, 4.69) is 4.98 Å². The number of esters is 1. The highest BCUT2D eigenvalue weighted by atomic mass is 16.5. The standard InChI is InChI=1S/C18H15NO4/c1-21-14-10-8-12(9-11-14)16-15(18(20)22-2)19-17(23-16)13-6-4-3-5-7-13/h3-11H,1-2H3. The zero-order chi connectivity index (χ0) is 16.2. The average molecular weight is 309 g/mol. The van der Waals surface area contributed by atoms with Gasteiger partial charge in [0, 0.05) is 11.1 Å². The number of hydrogen-bond donors (Lipinski definition) is 0. The number of rotatable bonds is 4. The minimum atomic E-state index is -0.540. The molecule has 0 bridgehead atoms. The van der Waals surface area contributed by atoms with E-state index in [0.717, 1.165) is 16.9 Å². The Morgan fingerprint density at radius 1 is 0.957 bits per heavy atom. The lowest BCUT2D eigenvalue weighted by molar-refractivity contribution is 0.0595. The third kappa shape index (κ3) is 2.94. The van der Waals surface area contributed by atoms with Crippen LogP contribution in [0, 0.1) is 0 Å². The van der Waals surface area contributed by atoms with E-state index in [1.54, 1.807) is 31.4 Å². The van der Waals surface area contributed by atoms with Crippen LogP contribution in [0.15, 0.2) is 59.0 Å². The number of carbonyl (C=O) groups excluding carboxylic acids is 1. The van der Waals surface area contributed by atoms with E-state index in [1.165, 1.54) is 7.11 Å². The van der Waals surface area contributed by atoms with Crippen LogP contribution in [0.3, 0.4) is 0 Å². The molecule has 3 rings (SSSR count). The Labute approximate surface area is 133 Å². The molecule has 0 aliphatic carbocycles. The summed E-state index contributed by atoms with van der Waals surface area (Å²) in [5.74, 6) is 0.924. The summed E-state index contributed by atoms with van der Waals surface area (Å²) < 4.78 is 15.8. The first-order valence-corrected chi connectivity index (χ1v) is 7.02. The van der Waals surface area contributed by atoms with E-state index in [-0.39, 0.29) is 5.69 Å². The molecule has 0 atom stereocenters. The molecule has 0 aliphatic rings. The molecule has 116 valence electrons. The Morgan fingerprint density at radius 2 is 1.65 bits per heavy atom. The second kappa shape index (κ2) is 6.36. The van der Waals surface area contributed by atoms with Crippen molar-refractivity contribution in [2.75, 3.05) is 14.2 Å². The molecule has 0 saturated carbocycles. The summed E-state index contributed by atoms with van der Waals surface area (Å²) in [6.07, 6.45) is 0. The molecule has 0 aliphatic heterocycles. The van der Waals surface area contributed by atoms with Crippen molar-refractivity contribution in [3.05, 3.63) is 60.3 Å². The largest absolute Gasteiger partial charge is 0.497 e. The van der Waals surface area contributed by atoms with Crippen LogP contribution in [0.5, 0.6) is 5.75 Å². The van der Waals surface area contributed by atoms with Crippen LogP contribution in [0.2, 0.25) is 0 Å². The first kappa shape index (κ1) is 14.8. The third-order valence-electron chi connectivity index (χ3n) is 3.38. The normalized spacial score (nSPS) is 10.3. The van der Waals surface area contributed by atoms with Crippen molar-refractivity contribution >= 4 is 5.97 Å². The zero-order valence-electron chi connectivity index (χ0n) is 12.8. The summed E-state index contributed by atoms with van der Waals surface area (Å²) >= 11 is 0. The van der Waals surface area contributed by atoms with Crippen LogP contribution < -0.4 is 4.74 Å². The summed E-state index contributed by atoms with van der Waals surface area (Å²) in [5.41, 5.74) is 1.66. The van der Waals surface area contributed by atoms with Gasteiger partial charge in [0.1, 0.15) is 5.75 Å². The molecular weight excluding hydrogens is 294 g/mol. The molecule has 0 unspecified atom stereocenters. The number of hydrogen-bond acceptors (Lipinski definition) is 5. The minimum absolute atomic E-state index is 0.150. The number of ether oxygens (including phenoxy) is 2. The van der Waals surface area contributed by atoms with Gasteiger partial charge in [-0.15, -0.1) is 0 Å². The lowest BCUT2D eigenvalue weighted by Gasteiger charge is -2.02. The van der Waals surface area contributed by atoms with Gasteiger partial charge in [0.25, 0.3) is 0 Å². The fourth-order valence-corrected chi connectivity index (χ4v) is 2.20. The molecule has 23 heavy (non-hydrogen) atoms. The lowest BCUT2D eigenvalue weighted by atomic mass is 10.1. The average Bonchev–Trinajstić information content (AvgIpc) is 3.07. The van der Waals surface area contributed by atoms with Crippen molar-refractivity contribution in [2.24, 2.45) is 0 Å². The number of benzene rings is 2. The molecule has 5 heteroatoms. The van der Waals surface area contributed by atoms with Crippen molar-refractivity contribution in [2.45, 2.75) is 0 Å². The van der Waals surface area contributed by atoms with Gasteiger partial charge in [0.15, 0.2) is 11.5 Å². The number of methoxy groups -OCH3 is 2. The second-order valence-electron chi connectivity index (χ2n) is 4.78. The Bertz CT molecular complexity index is 807. The highest BCUT2D eigenvalue weighted by molar-refractivity contribution is 5.94. The smallest absolute Gasteiger partial charge is 0.360 e. The summed E-state index contributed by atoms with van der Waals surface area (Å²) in [7, 11) is 2.91. The van der Waals surface area contributed by atoms with E-state index in [1.807, 2.05) is 30.3 Å². The van der Waals surface area contributed by atoms with Gasteiger partial charge in [-0.05, 0) is 36.4 Å². The number of oxazole rings is 1. The van der Waals surface area contributed by atoms with E-state index in [4.69, 9.17) is 13.9 Å². The summed E-state index contributed by atoms with van der Waals surface area (Å²) in [5, 5.41) is 0. The monoisotopic (exact) mass is 309 g/mol. The van der Waals surface area contributed by atoms with Gasteiger partial charge in [0.05, 0.1) is 14.2 Å². The first-order valence-electron chi connectivity index (χ1n) is 7.02. The van der Waals surface area contributed by atoms with Gasteiger partial charge in [-0.25, -0.2) is 9.78 Å². The van der Waals surface area contributed by atoms with Gasteiger partial charge >= 0.3 is 5.97 Å². The summed E-state index contributed by atoms with van der Waals surface area (Å²) in [4.78, 5) is 16.3. The topological polar surface area (TPSA) is 61.6 Å². The van der Waals surface area contributed by atoms with Crippen molar-refractivity contribution in [1.82, 2.24) is 4.98 Å². The fourth-order valence-electron chi connectivity index (χ4n) is 2.20. The van der Waals surface area contributed by atoms with Crippen molar-refractivity contribution in [3.8, 4) is 28.5 Å². The number of carbonyl (C=O) groups is 1. The highest BCUT2D eigenvalue weighted by Crippen LogP contribution is 2.31. The van der Waals surface area contributed by atoms with Crippen LogP contribution in [0.4, 0.5) is 0 Å². The Kier molecular flexibility index (Phi) is 4.10. The Balaban J connectivity index is 2.10. The second-order valence-corrected chi connectivity index (χ2v) is 4.78. The SMILES string of the molecule is COC(=O)c1nc(-c2ccccc2)oc1-c1ccc(OC)cc1. The maximum Gasteiger partial charge on any atom is 0.360 e. The van der Waals surface area contributed by atoms with E-state index in [0.29, 0.717) is 11.7 Å². The van der Waals surface area contributed by atoms with Crippen LogP contribution >= 0.6 is 0 Å². The molecular formula is C18H15NO4. The number of nitrogens with zero attached hydrogens (tertiary/aromatic N) is 1. The molecule has 0 N–H and O–H groups in total. The third-order valence-corrected chi connectivity index (χ3v) is 3.38. The van der Waals surface area contributed by atoms with Crippen molar-refractivity contribution in [1.29, 1.82) is 0 Å². The van der Waals surface area contributed by atoms with E-state index >= 15 is 0 Å². The molecule has 0 fully saturated rings. The molecule has 0 spiro atoms. The van der Waals surface area contributed by atoms with Crippen LogP contribution in [0.25, 0.3) is 22.8 Å². The molecule has 3 aromatic rings. The molecule has 2 aromatic carbocycles. The minimum Gasteiger partial charge on any atom is -0.497 e. The zero-order valence-corrected chi connectivity index (χ0v) is 12.8. The van der Waals surface area contributed by atoms with E-state index in [9.17, 15) is 4.79 Å². The Morgan fingerprint density at radius 3 is 2.26 bits per heavy atom. The van der Waals surface area contributed by atoms with Gasteiger partial charge < -0.3 is 13.9 Å². The maximum atomic E-state index is 12.0. The predicted octanol–water partition coefficient (Wildman–Crippen LogP) is 3.80. The first-order chi connectivity index (χ1) is 11.2. The van der Waals surface area contributed by atoms with E-state index < -0.39 is 5.97 Å². The maximum absolute atomic E-state index is 12.0. The van der Waals surface area contributed by atoms with Gasteiger partial charge in [-0.2, -0.15) is 0 Å². The highest BCUT2D eigenvalue weighted by Gasteiger charge is 2.22. The molecule has 0 amide bonds. The summed E-state index contributed by atoms with van der Waals surface area (Å²) in [6, 6.07) is 16.6. The fraction of sp³-hybridized carbons (Fsp3) is 0.111. The van der Waals surface area contributed by atoms with Crippen LogP contribution in [-0.4, -0.2) is 25.2 Å².